The van der Waals surface area contributed by atoms with Crippen LogP contribution in [0.4, 0.5) is 0 Å². The molecule has 0 radical (unpaired) electrons. The molecule has 0 aliphatic carbocycles. The van der Waals surface area contributed by atoms with Crippen molar-refractivity contribution in [3.8, 4) is 11.5 Å². The van der Waals surface area contributed by atoms with Crippen molar-refractivity contribution >= 4 is 22.9 Å². The number of ether oxygens (including phenoxy) is 3. The third kappa shape index (κ3) is 2.64. The van der Waals surface area contributed by atoms with Crippen LogP contribution in [0.25, 0.3) is 17.0 Å². The number of pyridine rings is 1. The first-order valence-electron chi connectivity index (χ1n) is 7.59. The van der Waals surface area contributed by atoms with Crippen LogP contribution in [-0.2, 0) is 16.3 Å². The second kappa shape index (κ2) is 5.70. The minimum Gasteiger partial charge on any atom is -0.495 e. The number of nitrogens with zero attached hydrogens (tertiary/aromatic N) is 1. The first kappa shape index (κ1) is 16.1. The van der Waals surface area contributed by atoms with Gasteiger partial charge in [0.05, 0.1) is 12.7 Å². The number of methoxy groups -OCH3 is 1. The van der Waals surface area contributed by atoms with Crippen LogP contribution >= 0.6 is 0 Å². The summed E-state index contributed by atoms with van der Waals surface area (Å²) >= 11 is 0. The van der Waals surface area contributed by atoms with Crippen LogP contribution in [0.5, 0.6) is 11.5 Å². The van der Waals surface area contributed by atoms with Crippen LogP contribution < -0.4 is 15.0 Å². The van der Waals surface area contributed by atoms with Gasteiger partial charge in [0.2, 0.25) is 0 Å². The monoisotopic (exact) mass is 329 g/mol. The molecule has 24 heavy (non-hydrogen) atoms. The average molecular weight is 329 g/mol. The van der Waals surface area contributed by atoms with Gasteiger partial charge in [0.25, 0.3) is 5.56 Å². The van der Waals surface area contributed by atoms with Crippen molar-refractivity contribution in [1.82, 2.24) is 4.57 Å². The smallest absolute Gasteiger partial charge is 0.304 e. The number of esters is 1. The van der Waals surface area contributed by atoms with Crippen molar-refractivity contribution in [2.45, 2.75) is 33.1 Å². The summed E-state index contributed by atoms with van der Waals surface area (Å²) in [5.41, 5.74) is 0.158. The van der Waals surface area contributed by atoms with Crippen LogP contribution in [0.1, 0.15) is 26.3 Å². The van der Waals surface area contributed by atoms with Crippen molar-refractivity contribution in [2.24, 2.45) is 0 Å². The van der Waals surface area contributed by atoms with E-state index in [4.69, 9.17) is 14.2 Å². The van der Waals surface area contributed by atoms with Gasteiger partial charge in [-0.05, 0) is 38.1 Å². The Morgan fingerprint density at radius 2 is 2.08 bits per heavy atom. The Bertz CT molecular complexity index is 908. The molecular formula is C18H19NO5. The van der Waals surface area contributed by atoms with Crippen molar-refractivity contribution in [2.75, 3.05) is 7.11 Å². The van der Waals surface area contributed by atoms with Crippen LogP contribution in [0.2, 0.25) is 0 Å². The molecule has 2 heterocycles. The summed E-state index contributed by atoms with van der Waals surface area (Å²) in [5.74, 6) is 0.562. The topological polar surface area (TPSA) is 66.8 Å². The molecule has 0 saturated carbocycles. The van der Waals surface area contributed by atoms with E-state index >= 15 is 0 Å². The lowest BCUT2D eigenvalue weighted by molar-refractivity contribution is -0.144. The van der Waals surface area contributed by atoms with Crippen LogP contribution in [0.15, 0.2) is 29.1 Å². The van der Waals surface area contributed by atoms with E-state index in [0.717, 1.165) is 5.39 Å². The summed E-state index contributed by atoms with van der Waals surface area (Å²) in [4.78, 5) is 24.1. The number of rotatable bonds is 3. The van der Waals surface area contributed by atoms with Gasteiger partial charge in [0.15, 0.2) is 6.73 Å². The number of benzene rings is 1. The zero-order chi connectivity index (χ0) is 17.5. The Morgan fingerprint density at radius 3 is 2.75 bits per heavy atom. The molecule has 1 aromatic carbocycles. The second-order valence-corrected chi connectivity index (χ2v) is 6.14. The van der Waals surface area contributed by atoms with Gasteiger partial charge in [-0.15, -0.1) is 0 Å². The highest BCUT2D eigenvalue weighted by Gasteiger charge is 2.28. The van der Waals surface area contributed by atoms with Crippen molar-refractivity contribution in [3.63, 3.8) is 0 Å². The summed E-state index contributed by atoms with van der Waals surface area (Å²) in [5, 5.41) is 0.730. The molecule has 3 rings (SSSR count). The van der Waals surface area contributed by atoms with Gasteiger partial charge in [0, 0.05) is 12.3 Å². The summed E-state index contributed by atoms with van der Waals surface area (Å²) in [7, 11) is 1.53. The minimum absolute atomic E-state index is 0.185. The zero-order valence-corrected chi connectivity index (χ0v) is 14.1. The highest BCUT2D eigenvalue weighted by molar-refractivity contribution is 5.93. The second-order valence-electron chi connectivity index (χ2n) is 6.14. The molecule has 0 saturated heterocycles. The maximum absolute atomic E-state index is 12.9. The number of carbonyl (C=O) groups excluding carboxylic acids is 1. The molecule has 2 aromatic rings. The van der Waals surface area contributed by atoms with Crippen LogP contribution in [-0.4, -0.2) is 23.2 Å². The molecule has 6 heteroatoms. The highest BCUT2D eigenvalue weighted by atomic mass is 16.5. The van der Waals surface area contributed by atoms with E-state index in [0.29, 0.717) is 22.6 Å². The molecule has 0 unspecified atom stereocenters. The lowest BCUT2D eigenvalue weighted by atomic mass is 10.0. The fraction of sp³-hybridized carbons (Fsp3) is 0.333. The predicted molar refractivity (Wildman–Crippen MR) is 90.3 cm³/mol. The Hall–Kier alpha value is -2.76. The molecule has 1 aromatic heterocycles. The average Bonchev–Trinajstić information content (AvgIpc) is 2.53. The zero-order valence-electron chi connectivity index (χ0n) is 14.1. The maximum atomic E-state index is 12.9. The van der Waals surface area contributed by atoms with Gasteiger partial charge in [-0.1, -0.05) is 6.07 Å². The molecule has 0 spiro atoms. The summed E-state index contributed by atoms with van der Waals surface area (Å²) in [6.45, 7) is 4.95. The number of carbonyl (C=O) groups is 1. The molecule has 0 atom stereocenters. The SMILES string of the molecule is COc1cccc2c3c(c(=O)n(COC(C)=O)c12)C=CC(C)(C)O3. The number of hydrogen-bond acceptors (Lipinski definition) is 5. The molecule has 6 nitrogen and oxygen atoms in total. The van der Waals surface area contributed by atoms with Crippen LogP contribution in [0, 0.1) is 0 Å². The van der Waals surface area contributed by atoms with Gasteiger partial charge in [-0.2, -0.15) is 0 Å². The minimum atomic E-state index is -0.516. The van der Waals surface area contributed by atoms with E-state index in [9.17, 15) is 9.59 Å². The Balaban J connectivity index is 2.36. The first-order valence-corrected chi connectivity index (χ1v) is 7.59. The molecule has 126 valence electrons. The molecule has 1 aliphatic heterocycles. The number of para-hydroxylation sites is 1. The lowest BCUT2D eigenvalue weighted by Crippen LogP contribution is -2.33. The molecule has 0 bridgehead atoms. The third-order valence-electron chi connectivity index (χ3n) is 3.87. The maximum Gasteiger partial charge on any atom is 0.304 e. The van der Waals surface area contributed by atoms with Gasteiger partial charge < -0.3 is 14.2 Å². The van der Waals surface area contributed by atoms with Gasteiger partial charge >= 0.3 is 5.97 Å². The third-order valence-corrected chi connectivity index (χ3v) is 3.87. The molecule has 1 aliphatic rings. The standard InChI is InChI=1S/C18H19NO5/c1-11(20)23-10-19-15-12(6-5-7-14(15)22-4)16-13(17(19)21)8-9-18(2,3)24-16/h5-9H,10H2,1-4H3. The summed E-state index contributed by atoms with van der Waals surface area (Å²) in [6.07, 6.45) is 3.59. The predicted octanol–water partition coefficient (Wildman–Crippen LogP) is 2.71. The normalized spacial score (nSPS) is 14.8. The molecule has 0 N–H and O–H groups in total. The molecule has 0 amide bonds. The highest BCUT2D eigenvalue weighted by Crippen LogP contribution is 2.38. The van der Waals surface area contributed by atoms with E-state index in [1.807, 2.05) is 32.1 Å². The van der Waals surface area contributed by atoms with Gasteiger partial charge in [-0.25, -0.2) is 0 Å². The number of fused-ring (bicyclic) bond motifs is 3. The molecular weight excluding hydrogens is 310 g/mol. The van der Waals surface area contributed by atoms with Crippen molar-refractivity contribution < 1.29 is 19.0 Å². The Kier molecular flexibility index (Phi) is 3.83. The lowest BCUT2D eigenvalue weighted by Gasteiger charge is -2.29. The Labute approximate surface area is 139 Å². The van der Waals surface area contributed by atoms with E-state index in [2.05, 4.69) is 0 Å². The quantitative estimate of drug-likeness (QED) is 0.810. The van der Waals surface area contributed by atoms with Crippen LogP contribution in [0.3, 0.4) is 0 Å². The van der Waals surface area contributed by atoms with E-state index in [-0.39, 0.29) is 12.3 Å². The van der Waals surface area contributed by atoms with E-state index < -0.39 is 11.6 Å². The fourth-order valence-electron chi connectivity index (χ4n) is 2.75. The molecule has 0 fully saturated rings. The van der Waals surface area contributed by atoms with Crippen molar-refractivity contribution in [1.29, 1.82) is 0 Å². The first-order chi connectivity index (χ1) is 11.3. The number of aromatic nitrogens is 1. The van der Waals surface area contributed by atoms with Gasteiger partial charge in [0.1, 0.15) is 22.6 Å². The fourth-order valence-corrected chi connectivity index (χ4v) is 2.75. The van der Waals surface area contributed by atoms with E-state index in [1.165, 1.54) is 18.6 Å². The van der Waals surface area contributed by atoms with Crippen molar-refractivity contribution in [3.05, 3.63) is 40.2 Å². The largest absolute Gasteiger partial charge is 0.495 e. The number of hydrogen-bond donors (Lipinski definition) is 0. The Morgan fingerprint density at radius 1 is 1.33 bits per heavy atom. The van der Waals surface area contributed by atoms with E-state index in [1.54, 1.807) is 12.1 Å². The summed E-state index contributed by atoms with van der Waals surface area (Å²) in [6, 6.07) is 5.44. The summed E-state index contributed by atoms with van der Waals surface area (Å²) < 4.78 is 17.9. The van der Waals surface area contributed by atoms with Gasteiger partial charge in [-0.3, -0.25) is 14.2 Å².